The van der Waals surface area contributed by atoms with E-state index in [1.54, 1.807) is 19.2 Å². The molecule has 0 aromatic heterocycles. The summed E-state index contributed by atoms with van der Waals surface area (Å²) in [4.78, 5) is 12.6. The highest BCUT2D eigenvalue weighted by Crippen LogP contribution is 2.27. The van der Waals surface area contributed by atoms with Gasteiger partial charge in [0, 0.05) is 10.0 Å². The third kappa shape index (κ3) is 6.02. The summed E-state index contributed by atoms with van der Waals surface area (Å²) in [5.74, 6) is 0.273. The number of benzene rings is 2. The van der Waals surface area contributed by atoms with Crippen LogP contribution in [-0.2, 0) is 14.8 Å². The van der Waals surface area contributed by atoms with E-state index in [-0.39, 0.29) is 28.3 Å². The Kier molecular flexibility index (Phi) is 7.57. The maximum atomic E-state index is 12.6. The molecule has 28 heavy (non-hydrogen) atoms. The second-order valence-corrected chi connectivity index (χ2v) is 8.98. The van der Waals surface area contributed by atoms with E-state index in [2.05, 4.69) is 5.32 Å². The summed E-state index contributed by atoms with van der Waals surface area (Å²) in [5.41, 5.74) is 1.13. The standard InChI is InChI=1S/C19H22Cl2N2O4S/c1-4-18(13-5-7-17(27-2)8-6-13)22-19(24)12-23(28(3,25)26)16-10-14(20)9-15(21)11-16/h5-11,18H,4,12H2,1-3H3,(H,22,24)/t18-/m0/s1. The lowest BCUT2D eigenvalue weighted by molar-refractivity contribution is -0.120. The van der Waals surface area contributed by atoms with Crippen LogP contribution in [0.1, 0.15) is 24.9 Å². The van der Waals surface area contributed by atoms with Crippen LogP contribution in [0.25, 0.3) is 0 Å². The molecule has 1 atom stereocenters. The number of anilines is 1. The van der Waals surface area contributed by atoms with Crippen LogP contribution in [0.2, 0.25) is 10.0 Å². The number of nitrogens with one attached hydrogen (secondary N) is 1. The molecule has 0 heterocycles. The molecule has 9 heteroatoms. The van der Waals surface area contributed by atoms with E-state index in [9.17, 15) is 13.2 Å². The van der Waals surface area contributed by atoms with Gasteiger partial charge in [-0.15, -0.1) is 0 Å². The van der Waals surface area contributed by atoms with Gasteiger partial charge in [-0.1, -0.05) is 42.3 Å². The minimum Gasteiger partial charge on any atom is -0.497 e. The number of methoxy groups -OCH3 is 1. The Bertz CT molecular complexity index is 913. The van der Waals surface area contributed by atoms with Gasteiger partial charge in [0.1, 0.15) is 12.3 Å². The largest absolute Gasteiger partial charge is 0.497 e. The molecule has 152 valence electrons. The fraction of sp³-hybridized carbons (Fsp3) is 0.316. The first kappa shape index (κ1) is 22.3. The third-order valence-corrected chi connectivity index (χ3v) is 5.66. The van der Waals surface area contributed by atoms with Gasteiger partial charge < -0.3 is 10.1 Å². The van der Waals surface area contributed by atoms with E-state index < -0.39 is 15.9 Å². The number of rotatable bonds is 8. The van der Waals surface area contributed by atoms with Crippen LogP contribution in [0.3, 0.4) is 0 Å². The van der Waals surface area contributed by atoms with Crippen molar-refractivity contribution < 1.29 is 17.9 Å². The van der Waals surface area contributed by atoms with Gasteiger partial charge in [0.2, 0.25) is 15.9 Å². The maximum Gasteiger partial charge on any atom is 0.241 e. The van der Waals surface area contributed by atoms with Gasteiger partial charge in [0.15, 0.2) is 0 Å². The van der Waals surface area contributed by atoms with Crippen molar-refractivity contribution in [1.29, 1.82) is 0 Å². The molecule has 0 bridgehead atoms. The molecule has 1 amide bonds. The normalized spacial score (nSPS) is 12.3. The number of halogens is 2. The van der Waals surface area contributed by atoms with Crippen molar-refractivity contribution in [3.05, 3.63) is 58.1 Å². The van der Waals surface area contributed by atoms with E-state index in [1.807, 2.05) is 19.1 Å². The number of hydrogen-bond donors (Lipinski definition) is 1. The lowest BCUT2D eigenvalue weighted by Crippen LogP contribution is -2.41. The highest BCUT2D eigenvalue weighted by atomic mass is 35.5. The molecule has 1 N–H and O–H groups in total. The first-order valence-electron chi connectivity index (χ1n) is 8.51. The molecule has 0 aliphatic rings. The minimum absolute atomic E-state index is 0.229. The molecule has 0 saturated carbocycles. The van der Waals surface area contributed by atoms with Crippen molar-refractivity contribution >= 4 is 44.8 Å². The maximum absolute atomic E-state index is 12.6. The van der Waals surface area contributed by atoms with Crippen LogP contribution in [0, 0.1) is 0 Å². The highest BCUT2D eigenvalue weighted by Gasteiger charge is 2.23. The van der Waals surface area contributed by atoms with Crippen molar-refractivity contribution in [3.8, 4) is 5.75 Å². The number of carbonyl (C=O) groups excluding carboxylic acids is 1. The van der Waals surface area contributed by atoms with E-state index in [1.165, 1.54) is 18.2 Å². The average Bonchev–Trinajstić information content (AvgIpc) is 2.62. The molecule has 0 unspecified atom stereocenters. The van der Waals surface area contributed by atoms with Gasteiger partial charge in [-0.05, 0) is 42.3 Å². The quantitative estimate of drug-likeness (QED) is 0.666. The van der Waals surface area contributed by atoms with Crippen molar-refractivity contribution in [2.45, 2.75) is 19.4 Å². The lowest BCUT2D eigenvalue weighted by Gasteiger charge is -2.24. The Morgan fingerprint density at radius 3 is 2.18 bits per heavy atom. The second kappa shape index (κ2) is 9.49. The van der Waals surface area contributed by atoms with Gasteiger partial charge >= 0.3 is 0 Å². The van der Waals surface area contributed by atoms with E-state index in [4.69, 9.17) is 27.9 Å². The number of hydrogen-bond acceptors (Lipinski definition) is 4. The monoisotopic (exact) mass is 444 g/mol. The number of carbonyl (C=O) groups is 1. The van der Waals surface area contributed by atoms with E-state index >= 15 is 0 Å². The number of sulfonamides is 1. The number of amides is 1. The minimum atomic E-state index is -3.72. The Morgan fingerprint density at radius 1 is 1.14 bits per heavy atom. The zero-order chi connectivity index (χ0) is 20.9. The first-order chi connectivity index (χ1) is 13.1. The van der Waals surface area contributed by atoms with Crippen LogP contribution in [0.15, 0.2) is 42.5 Å². The second-order valence-electron chi connectivity index (χ2n) is 6.20. The van der Waals surface area contributed by atoms with Gasteiger partial charge in [0.05, 0.1) is 25.1 Å². The Labute approximate surface area is 175 Å². The first-order valence-corrected chi connectivity index (χ1v) is 11.1. The van der Waals surface area contributed by atoms with Crippen molar-refractivity contribution in [2.24, 2.45) is 0 Å². The van der Waals surface area contributed by atoms with Gasteiger partial charge in [-0.3, -0.25) is 9.10 Å². The van der Waals surface area contributed by atoms with Crippen LogP contribution in [0.5, 0.6) is 5.75 Å². The highest BCUT2D eigenvalue weighted by molar-refractivity contribution is 7.92. The van der Waals surface area contributed by atoms with E-state index in [0.717, 1.165) is 16.1 Å². The van der Waals surface area contributed by atoms with Crippen LogP contribution >= 0.6 is 23.2 Å². The number of ether oxygens (including phenoxy) is 1. The summed E-state index contributed by atoms with van der Waals surface area (Å²) in [5, 5.41) is 3.43. The Hall–Kier alpha value is -1.96. The zero-order valence-corrected chi connectivity index (χ0v) is 18.1. The molecule has 2 aromatic rings. The predicted molar refractivity (Wildman–Crippen MR) is 113 cm³/mol. The zero-order valence-electron chi connectivity index (χ0n) is 15.8. The Balaban J connectivity index is 2.20. The third-order valence-electron chi connectivity index (χ3n) is 4.08. The molecule has 0 aliphatic carbocycles. The molecule has 0 radical (unpaired) electrons. The molecule has 0 spiro atoms. The molecule has 2 aromatic carbocycles. The summed E-state index contributed by atoms with van der Waals surface area (Å²) < 4.78 is 30.6. The summed E-state index contributed by atoms with van der Waals surface area (Å²) >= 11 is 12.0. The summed E-state index contributed by atoms with van der Waals surface area (Å²) in [6.45, 7) is 1.54. The SMILES string of the molecule is CC[C@H](NC(=O)CN(c1cc(Cl)cc(Cl)c1)S(C)(=O)=O)c1ccc(OC)cc1. The lowest BCUT2D eigenvalue weighted by atomic mass is 10.0. The molecule has 2 rings (SSSR count). The van der Waals surface area contributed by atoms with Crippen LogP contribution in [0.4, 0.5) is 5.69 Å². The van der Waals surface area contributed by atoms with Gasteiger partial charge in [0.25, 0.3) is 0 Å². The summed E-state index contributed by atoms with van der Waals surface area (Å²) in [6.07, 6.45) is 1.66. The predicted octanol–water partition coefficient (Wildman–Crippen LogP) is 4.04. The van der Waals surface area contributed by atoms with Gasteiger partial charge in [-0.25, -0.2) is 8.42 Å². The smallest absolute Gasteiger partial charge is 0.241 e. The Morgan fingerprint density at radius 2 is 1.71 bits per heavy atom. The average molecular weight is 445 g/mol. The molecule has 0 fully saturated rings. The van der Waals surface area contributed by atoms with Crippen molar-refractivity contribution in [2.75, 3.05) is 24.2 Å². The molecule has 6 nitrogen and oxygen atoms in total. The van der Waals surface area contributed by atoms with Crippen LogP contribution in [-0.4, -0.2) is 34.2 Å². The van der Waals surface area contributed by atoms with Crippen molar-refractivity contribution in [1.82, 2.24) is 5.32 Å². The fourth-order valence-electron chi connectivity index (χ4n) is 2.71. The molecular weight excluding hydrogens is 423 g/mol. The van der Waals surface area contributed by atoms with Gasteiger partial charge in [-0.2, -0.15) is 0 Å². The molecule has 0 saturated heterocycles. The topological polar surface area (TPSA) is 75.7 Å². The van der Waals surface area contributed by atoms with E-state index in [0.29, 0.717) is 12.2 Å². The van der Waals surface area contributed by atoms with Crippen LogP contribution < -0.4 is 14.4 Å². The summed E-state index contributed by atoms with van der Waals surface area (Å²) in [7, 11) is -2.14. The fourth-order valence-corrected chi connectivity index (χ4v) is 4.07. The molecular formula is C19H22Cl2N2O4S. The number of nitrogens with zero attached hydrogens (tertiary/aromatic N) is 1. The summed E-state index contributed by atoms with van der Waals surface area (Å²) in [6, 6.07) is 11.5. The van der Waals surface area contributed by atoms with Crippen molar-refractivity contribution in [3.63, 3.8) is 0 Å². The molecule has 0 aliphatic heterocycles.